The third-order valence-electron chi connectivity index (χ3n) is 5.17. The molecule has 27 heavy (non-hydrogen) atoms. The van der Waals surface area contributed by atoms with E-state index in [1.54, 1.807) is 36.4 Å². The maximum absolute atomic E-state index is 13.4. The summed E-state index contributed by atoms with van der Waals surface area (Å²) in [6, 6.07) is 13.0. The molecule has 1 aliphatic heterocycles. The summed E-state index contributed by atoms with van der Waals surface area (Å²) in [6.45, 7) is 0. The quantitative estimate of drug-likeness (QED) is 0.649. The van der Waals surface area contributed by atoms with Gasteiger partial charge in [0.25, 0.3) is 0 Å². The van der Waals surface area contributed by atoms with E-state index in [-0.39, 0.29) is 22.9 Å². The predicted molar refractivity (Wildman–Crippen MR) is 98.0 cm³/mol. The number of rotatable bonds is 3. The average Bonchev–Trinajstić information content (AvgIpc) is 3.34. The van der Waals surface area contributed by atoms with Gasteiger partial charge in [0.05, 0.1) is 28.1 Å². The van der Waals surface area contributed by atoms with E-state index >= 15 is 0 Å². The zero-order chi connectivity index (χ0) is 18.8. The number of ether oxygens (including phenoxy) is 1. The Kier molecular flexibility index (Phi) is 3.54. The lowest BCUT2D eigenvalue weighted by Crippen LogP contribution is -2.03. The number of nitrogens with zero attached hydrogens (tertiary/aromatic N) is 2. The number of benzene rings is 2. The Labute approximate surface area is 156 Å². The molecule has 0 amide bonds. The van der Waals surface area contributed by atoms with Crippen LogP contribution in [0.5, 0.6) is 0 Å². The van der Waals surface area contributed by atoms with Gasteiger partial charge in [0.2, 0.25) is 0 Å². The van der Waals surface area contributed by atoms with Gasteiger partial charge in [0, 0.05) is 17.4 Å². The third kappa shape index (κ3) is 2.78. The molecule has 1 fully saturated rings. The summed E-state index contributed by atoms with van der Waals surface area (Å²) >= 11 is 0. The molecule has 1 saturated heterocycles. The molecular weight excluding hydrogens is 367 g/mol. The Morgan fingerprint density at radius 3 is 2.48 bits per heavy atom. The third-order valence-corrected chi connectivity index (χ3v) is 6.30. The summed E-state index contributed by atoms with van der Waals surface area (Å²) in [6.07, 6.45) is 3.26. The second kappa shape index (κ2) is 5.74. The molecule has 2 aliphatic rings. The van der Waals surface area contributed by atoms with Crippen molar-refractivity contribution in [3.63, 3.8) is 0 Å². The van der Waals surface area contributed by atoms with Crippen molar-refractivity contribution < 1.29 is 17.5 Å². The van der Waals surface area contributed by atoms with Crippen LogP contribution in [0.25, 0.3) is 16.9 Å². The first-order valence-electron chi connectivity index (χ1n) is 8.75. The first-order valence-corrected chi connectivity index (χ1v) is 10.6. The van der Waals surface area contributed by atoms with E-state index in [0.29, 0.717) is 0 Å². The number of aromatic nitrogens is 2. The van der Waals surface area contributed by atoms with Gasteiger partial charge >= 0.3 is 0 Å². The lowest BCUT2D eigenvalue weighted by Gasteiger charge is -2.11. The molecule has 0 bridgehead atoms. The Morgan fingerprint density at radius 1 is 1.11 bits per heavy atom. The Hall–Kier alpha value is -2.51. The highest BCUT2D eigenvalue weighted by Crippen LogP contribution is 2.49. The maximum atomic E-state index is 13.4. The fourth-order valence-electron chi connectivity index (χ4n) is 3.76. The predicted octanol–water partition coefficient (Wildman–Crippen LogP) is 3.47. The molecule has 1 aliphatic carbocycles. The molecule has 2 aromatic carbocycles. The van der Waals surface area contributed by atoms with Crippen molar-refractivity contribution in [2.45, 2.75) is 29.9 Å². The zero-order valence-corrected chi connectivity index (χ0v) is 15.4. The van der Waals surface area contributed by atoms with Crippen LogP contribution in [0.2, 0.25) is 0 Å². The normalized spacial score (nSPS) is 20.8. The molecule has 0 radical (unpaired) electrons. The number of hydrogen-bond acceptors (Lipinski definition) is 4. The molecular formula is C20H17FN2O3S. The van der Waals surface area contributed by atoms with Gasteiger partial charge in [-0.2, -0.15) is 5.10 Å². The van der Waals surface area contributed by atoms with Crippen LogP contribution in [-0.2, 0) is 21.0 Å². The summed E-state index contributed by atoms with van der Waals surface area (Å²) in [5.41, 5.74) is 4.58. The van der Waals surface area contributed by atoms with E-state index in [2.05, 4.69) is 0 Å². The van der Waals surface area contributed by atoms with Crippen molar-refractivity contribution >= 4 is 9.84 Å². The summed E-state index contributed by atoms with van der Waals surface area (Å²) in [5, 5.41) is 4.78. The van der Waals surface area contributed by atoms with E-state index in [9.17, 15) is 12.8 Å². The van der Waals surface area contributed by atoms with Crippen LogP contribution in [0.3, 0.4) is 0 Å². The van der Waals surface area contributed by atoms with Gasteiger partial charge in [-0.3, -0.25) is 0 Å². The Balaban J connectivity index is 1.69. The molecule has 2 heterocycles. The molecule has 0 saturated carbocycles. The van der Waals surface area contributed by atoms with Crippen LogP contribution < -0.4 is 0 Å². The van der Waals surface area contributed by atoms with Crippen molar-refractivity contribution in [2.24, 2.45) is 0 Å². The van der Waals surface area contributed by atoms with Gasteiger partial charge in [-0.1, -0.05) is 0 Å². The number of sulfone groups is 1. The van der Waals surface area contributed by atoms with Gasteiger partial charge in [0.15, 0.2) is 9.84 Å². The number of halogens is 1. The van der Waals surface area contributed by atoms with E-state index < -0.39 is 9.84 Å². The smallest absolute Gasteiger partial charge is 0.175 e. The van der Waals surface area contributed by atoms with Gasteiger partial charge in [-0.15, -0.1) is 0 Å². The lowest BCUT2D eigenvalue weighted by molar-refractivity contribution is 0.370. The molecule has 7 heteroatoms. The molecule has 5 nitrogen and oxygen atoms in total. The molecule has 138 valence electrons. The van der Waals surface area contributed by atoms with Crippen molar-refractivity contribution in [3.8, 4) is 16.9 Å². The minimum atomic E-state index is -3.26. The van der Waals surface area contributed by atoms with Gasteiger partial charge in [-0.05, 0) is 61.4 Å². The van der Waals surface area contributed by atoms with E-state index in [4.69, 9.17) is 9.84 Å². The largest absolute Gasteiger partial charge is 0.363 e. The fraction of sp³-hybridized carbons (Fsp3) is 0.250. The molecule has 2 unspecified atom stereocenters. The minimum Gasteiger partial charge on any atom is -0.363 e. The first kappa shape index (κ1) is 16.6. The number of epoxide rings is 1. The molecule has 0 spiro atoms. The second-order valence-corrected chi connectivity index (χ2v) is 9.05. The van der Waals surface area contributed by atoms with Crippen molar-refractivity contribution in [1.82, 2.24) is 9.78 Å². The molecule has 0 N–H and O–H groups in total. The molecule has 3 aromatic rings. The minimum absolute atomic E-state index is 0.0319. The fourth-order valence-corrected chi connectivity index (χ4v) is 4.39. The van der Waals surface area contributed by atoms with E-state index in [0.717, 1.165) is 41.0 Å². The summed E-state index contributed by atoms with van der Waals surface area (Å²) in [4.78, 5) is 0.261. The van der Waals surface area contributed by atoms with E-state index in [1.807, 2.05) is 4.68 Å². The maximum Gasteiger partial charge on any atom is 0.175 e. The van der Waals surface area contributed by atoms with Gasteiger partial charge < -0.3 is 4.74 Å². The van der Waals surface area contributed by atoms with Crippen LogP contribution in [0, 0.1) is 5.82 Å². The average molecular weight is 384 g/mol. The molecule has 2 atom stereocenters. The standard InChI is InChI=1S/C20H17FN2O3S/c1-27(24,25)15-8-6-14(7-9-15)23-19(12-2-4-13(21)5-3-12)16-10-11-17-20(26-17)18(16)22-23/h2-9,17,20H,10-11H2,1H3. The summed E-state index contributed by atoms with van der Waals surface area (Å²) in [5.74, 6) is -0.290. The highest BCUT2D eigenvalue weighted by molar-refractivity contribution is 7.90. The van der Waals surface area contributed by atoms with Crippen LogP contribution in [0.1, 0.15) is 23.8 Å². The molecule has 1 aromatic heterocycles. The Morgan fingerprint density at radius 2 is 1.81 bits per heavy atom. The van der Waals surface area contributed by atoms with Crippen LogP contribution in [0.4, 0.5) is 4.39 Å². The Bertz CT molecular complexity index is 1140. The van der Waals surface area contributed by atoms with Crippen molar-refractivity contribution in [3.05, 3.63) is 65.6 Å². The lowest BCUT2D eigenvalue weighted by atomic mass is 9.93. The summed E-state index contributed by atoms with van der Waals surface area (Å²) < 4.78 is 44.4. The van der Waals surface area contributed by atoms with Crippen LogP contribution >= 0.6 is 0 Å². The number of fused-ring (bicyclic) bond motifs is 3. The second-order valence-electron chi connectivity index (χ2n) is 7.03. The molecule has 5 rings (SSSR count). The van der Waals surface area contributed by atoms with Crippen molar-refractivity contribution in [2.75, 3.05) is 6.26 Å². The van der Waals surface area contributed by atoms with Crippen molar-refractivity contribution in [1.29, 1.82) is 0 Å². The van der Waals surface area contributed by atoms with Gasteiger partial charge in [-0.25, -0.2) is 17.5 Å². The van der Waals surface area contributed by atoms with Gasteiger partial charge in [0.1, 0.15) is 11.9 Å². The first-order chi connectivity index (χ1) is 12.9. The highest BCUT2D eigenvalue weighted by Gasteiger charge is 2.47. The topological polar surface area (TPSA) is 64.5 Å². The van der Waals surface area contributed by atoms with Crippen LogP contribution in [0.15, 0.2) is 53.4 Å². The van der Waals surface area contributed by atoms with Crippen LogP contribution in [-0.4, -0.2) is 30.6 Å². The monoisotopic (exact) mass is 384 g/mol. The highest BCUT2D eigenvalue weighted by atomic mass is 32.2. The zero-order valence-electron chi connectivity index (χ0n) is 14.6. The van der Waals surface area contributed by atoms with E-state index in [1.165, 1.54) is 18.4 Å². The SMILES string of the molecule is CS(=O)(=O)c1ccc(-n2nc3c(c2-c2ccc(F)cc2)CCC2OC32)cc1. The summed E-state index contributed by atoms with van der Waals surface area (Å²) in [7, 11) is -3.26. The number of hydrogen-bond donors (Lipinski definition) is 0.